The minimum Gasteiger partial charge on any atom is -0.497 e. The summed E-state index contributed by atoms with van der Waals surface area (Å²) in [4.78, 5) is 12.3. The van der Waals surface area contributed by atoms with E-state index in [-0.39, 0.29) is 16.8 Å². The highest BCUT2D eigenvalue weighted by Gasteiger charge is 2.18. The third kappa shape index (κ3) is 2.42. The Balaban J connectivity index is 2.46. The highest BCUT2D eigenvalue weighted by atomic mass is 19.1. The van der Waals surface area contributed by atoms with Crippen molar-refractivity contribution in [3.8, 4) is 11.5 Å². The molecule has 0 saturated heterocycles. The number of nitrogens with two attached hydrogens (primary N) is 1. The largest absolute Gasteiger partial charge is 0.497 e. The van der Waals surface area contributed by atoms with Crippen LogP contribution in [0.4, 0.5) is 10.1 Å². The van der Waals surface area contributed by atoms with Crippen LogP contribution in [-0.4, -0.2) is 20.0 Å². The van der Waals surface area contributed by atoms with Gasteiger partial charge in [0.05, 0.1) is 25.5 Å². The molecule has 2 rings (SSSR count). The molecule has 2 N–H and O–H groups in total. The lowest BCUT2D eigenvalue weighted by molar-refractivity contribution is 0.103. The fourth-order valence-corrected chi connectivity index (χ4v) is 1.87. The summed E-state index contributed by atoms with van der Waals surface area (Å²) in [6.07, 6.45) is 0. The van der Waals surface area contributed by atoms with Gasteiger partial charge in [-0.05, 0) is 24.3 Å². The number of nitrogen functional groups attached to an aromatic ring is 1. The molecule has 4 nitrogen and oxygen atoms in total. The highest BCUT2D eigenvalue weighted by molar-refractivity contribution is 6.12. The summed E-state index contributed by atoms with van der Waals surface area (Å²) < 4.78 is 23.9. The van der Waals surface area contributed by atoms with E-state index < -0.39 is 11.6 Å². The summed E-state index contributed by atoms with van der Waals surface area (Å²) in [6, 6.07) is 8.84. The van der Waals surface area contributed by atoms with Gasteiger partial charge in [-0.25, -0.2) is 4.39 Å². The van der Waals surface area contributed by atoms with Gasteiger partial charge in [-0.1, -0.05) is 6.07 Å². The van der Waals surface area contributed by atoms with Crippen molar-refractivity contribution in [1.82, 2.24) is 0 Å². The van der Waals surface area contributed by atoms with Crippen molar-refractivity contribution in [3.05, 3.63) is 53.3 Å². The second-order valence-electron chi connectivity index (χ2n) is 4.10. The molecule has 0 radical (unpaired) electrons. The molecule has 0 aliphatic heterocycles. The zero-order chi connectivity index (χ0) is 14.7. The number of halogens is 1. The number of carbonyl (C=O) groups excluding carboxylic acids is 1. The van der Waals surface area contributed by atoms with Gasteiger partial charge in [0.15, 0.2) is 5.78 Å². The number of methoxy groups -OCH3 is 2. The molecule has 104 valence electrons. The van der Waals surface area contributed by atoms with Crippen molar-refractivity contribution in [3.63, 3.8) is 0 Å². The molecular weight excluding hydrogens is 261 g/mol. The number of hydrogen-bond donors (Lipinski definition) is 1. The Morgan fingerprint density at radius 3 is 2.45 bits per heavy atom. The van der Waals surface area contributed by atoms with E-state index in [0.29, 0.717) is 11.5 Å². The maximum atomic E-state index is 13.9. The third-order valence-corrected chi connectivity index (χ3v) is 2.95. The smallest absolute Gasteiger partial charge is 0.198 e. The van der Waals surface area contributed by atoms with Crippen LogP contribution in [0.5, 0.6) is 11.5 Å². The van der Waals surface area contributed by atoms with E-state index in [1.807, 2.05) is 0 Å². The van der Waals surface area contributed by atoms with E-state index in [1.165, 1.54) is 32.4 Å². The summed E-state index contributed by atoms with van der Waals surface area (Å²) in [5, 5.41) is 0. The number of ketones is 1. The summed E-state index contributed by atoms with van der Waals surface area (Å²) in [5.41, 5.74) is 6.17. The molecular formula is C15H14FNO3. The van der Waals surface area contributed by atoms with Crippen LogP contribution >= 0.6 is 0 Å². The number of ether oxygens (including phenoxy) is 2. The Bertz CT molecular complexity index is 656. The van der Waals surface area contributed by atoms with Crippen molar-refractivity contribution in [2.75, 3.05) is 20.0 Å². The SMILES string of the molecule is COc1ccc(C(=O)c2cccc(OC)c2N)c(F)c1. The lowest BCUT2D eigenvalue weighted by atomic mass is 10.0. The molecule has 0 unspecified atom stereocenters. The normalized spacial score (nSPS) is 10.2. The maximum absolute atomic E-state index is 13.9. The number of anilines is 1. The first-order valence-electron chi connectivity index (χ1n) is 5.89. The zero-order valence-electron chi connectivity index (χ0n) is 11.1. The van der Waals surface area contributed by atoms with Crippen molar-refractivity contribution in [2.45, 2.75) is 0 Å². The van der Waals surface area contributed by atoms with Crippen LogP contribution in [0.1, 0.15) is 15.9 Å². The van der Waals surface area contributed by atoms with E-state index >= 15 is 0 Å². The van der Waals surface area contributed by atoms with Crippen LogP contribution in [0, 0.1) is 5.82 Å². The minimum absolute atomic E-state index is 0.0641. The van der Waals surface area contributed by atoms with E-state index in [4.69, 9.17) is 15.2 Å². The van der Waals surface area contributed by atoms with E-state index in [0.717, 1.165) is 6.07 Å². The van der Waals surface area contributed by atoms with Gasteiger partial charge in [-0.15, -0.1) is 0 Å². The van der Waals surface area contributed by atoms with Gasteiger partial charge >= 0.3 is 0 Å². The fourth-order valence-electron chi connectivity index (χ4n) is 1.87. The Morgan fingerprint density at radius 1 is 1.10 bits per heavy atom. The molecule has 0 fully saturated rings. The van der Waals surface area contributed by atoms with E-state index in [2.05, 4.69) is 0 Å². The predicted octanol–water partition coefficient (Wildman–Crippen LogP) is 2.66. The first-order valence-corrected chi connectivity index (χ1v) is 5.89. The molecule has 0 aliphatic carbocycles. The molecule has 5 heteroatoms. The van der Waals surface area contributed by atoms with Gasteiger partial charge in [-0.3, -0.25) is 4.79 Å². The number of benzene rings is 2. The molecule has 0 bridgehead atoms. The Morgan fingerprint density at radius 2 is 1.85 bits per heavy atom. The van der Waals surface area contributed by atoms with Crippen LogP contribution in [0.3, 0.4) is 0 Å². The molecule has 0 saturated carbocycles. The number of carbonyl (C=O) groups is 1. The van der Waals surface area contributed by atoms with Gasteiger partial charge in [0.2, 0.25) is 0 Å². The monoisotopic (exact) mass is 275 g/mol. The van der Waals surface area contributed by atoms with Crippen molar-refractivity contribution in [2.24, 2.45) is 0 Å². The Labute approximate surface area is 115 Å². The molecule has 2 aromatic rings. The number of rotatable bonds is 4. The van der Waals surface area contributed by atoms with Gasteiger partial charge in [0, 0.05) is 11.6 Å². The second kappa shape index (κ2) is 5.61. The van der Waals surface area contributed by atoms with Crippen LogP contribution in [0.15, 0.2) is 36.4 Å². The van der Waals surface area contributed by atoms with E-state index in [9.17, 15) is 9.18 Å². The minimum atomic E-state index is -0.656. The van der Waals surface area contributed by atoms with Crippen LogP contribution < -0.4 is 15.2 Å². The third-order valence-electron chi connectivity index (χ3n) is 2.95. The average molecular weight is 275 g/mol. The molecule has 0 aliphatic rings. The number of hydrogen-bond acceptors (Lipinski definition) is 4. The van der Waals surface area contributed by atoms with Crippen LogP contribution in [0.25, 0.3) is 0 Å². The Kier molecular flexibility index (Phi) is 3.89. The van der Waals surface area contributed by atoms with Crippen molar-refractivity contribution in [1.29, 1.82) is 0 Å². The molecule has 0 heterocycles. The average Bonchev–Trinajstić information content (AvgIpc) is 2.46. The first kappa shape index (κ1) is 13.9. The van der Waals surface area contributed by atoms with Crippen molar-refractivity contribution < 1.29 is 18.7 Å². The summed E-state index contributed by atoms with van der Waals surface area (Å²) >= 11 is 0. The lowest BCUT2D eigenvalue weighted by Crippen LogP contribution is -2.08. The summed E-state index contributed by atoms with van der Waals surface area (Å²) in [7, 11) is 2.88. The fraction of sp³-hybridized carbons (Fsp3) is 0.133. The topological polar surface area (TPSA) is 61.5 Å². The van der Waals surface area contributed by atoms with Crippen LogP contribution in [0.2, 0.25) is 0 Å². The molecule has 0 aromatic heterocycles. The maximum Gasteiger partial charge on any atom is 0.198 e. The van der Waals surface area contributed by atoms with Gasteiger partial charge in [-0.2, -0.15) is 0 Å². The second-order valence-corrected chi connectivity index (χ2v) is 4.10. The summed E-state index contributed by atoms with van der Waals surface area (Å²) in [5.74, 6) is -0.430. The summed E-state index contributed by atoms with van der Waals surface area (Å²) in [6.45, 7) is 0. The lowest BCUT2D eigenvalue weighted by Gasteiger charge is -2.10. The van der Waals surface area contributed by atoms with E-state index in [1.54, 1.807) is 12.1 Å². The molecule has 20 heavy (non-hydrogen) atoms. The van der Waals surface area contributed by atoms with Gasteiger partial charge < -0.3 is 15.2 Å². The molecule has 0 spiro atoms. The first-order chi connectivity index (χ1) is 9.58. The molecule has 0 amide bonds. The standard InChI is InChI=1S/C15H14FNO3/c1-19-9-6-7-10(12(16)8-9)15(18)11-4-3-5-13(20-2)14(11)17/h3-8H,17H2,1-2H3. The van der Waals surface area contributed by atoms with Gasteiger partial charge in [0.1, 0.15) is 17.3 Å². The Hall–Kier alpha value is -2.56. The highest BCUT2D eigenvalue weighted by Crippen LogP contribution is 2.28. The number of para-hydroxylation sites is 1. The quantitative estimate of drug-likeness (QED) is 0.688. The molecule has 0 atom stereocenters. The molecule has 2 aromatic carbocycles. The zero-order valence-corrected chi connectivity index (χ0v) is 11.1. The van der Waals surface area contributed by atoms with Crippen LogP contribution in [-0.2, 0) is 0 Å². The van der Waals surface area contributed by atoms with Crippen molar-refractivity contribution >= 4 is 11.5 Å². The predicted molar refractivity (Wildman–Crippen MR) is 73.8 cm³/mol. The van der Waals surface area contributed by atoms with Gasteiger partial charge in [0.25, 0.3) is 0 Å².